The summed E-state index contributed by atoms with van der Waals surface area (Å²) in [5.74, 6) is 0.290. The molecule has 1 saturated heterocycles. The second-order valence-corrected chi connectivity index (χ2v) is 5.40. The van der Waals surface area contributed by atoms with Gasteiger partial charge in [-0.15, -0.1) is 0 Å². The zero-order chi connectivity index (χ0) is 13.0. The standard InChI is InChI=1S/C16H24O2/c1-4-16(5-2)11-17-15(18-12-16)13(3)14-9-7-6-8-10-14/h6-10,13,15H,4-5,11-12H2,1-3H3/t13-/m0/s1. The van der Waals surface area contributed by atoms with Crippen LogP contribution in [0.1, 0.15) is 45.1 Å². The van der Waals surface area contributed by atoms with Crippen LogP contribution in [0.3, 0.4) is 0 Å². The maximum Gasteiger partial charge on any atom is 0.164 e. The van der Waals surface area contributed by atoms with Crippen LogP contribution in [0, 0.1) is 5.41 Å². The fraction of sp³-hybridized carbons (Fsp3) is 0.625. The van der Waals surface area contributed by atoms with Gasteiger partial charge in [-0.05, 0) is 18.4 Å². The highest BCUT2D eigenvalue weighted by Gasteiger charge is 2.36. The Bertz CT molecular complexity index is 347. The molecule has 0 unspecified atom stereocenters. The molecule has 2 heteroatoms. The van der Waals surface area contributed by atoms with Crippen molar-refractivity contribution in [3.05, 3.63) is 35.9 Å². The smallest absolute Gasteiger partial charge is 0.164 e. The Balaban J connectivity index is 1.98. The quantitative estimate of drug-likeness (QED) is 0.802. The average molecular weight is 248 g/mol. The summed E-state index contributed by atoms with van der Waals surface area (Å²) in [6.07, 6.45) is 2.14. The number of rotatable bonds is 4. The van der Waals surface area contributed by atoms with Crippen LogP contribution in [0.15, 0.2) is 30.3 Å². The first kappa shape index (κ1) is 13.6. The molecule has 1 aromatic carbocycles. The Morgan fingerprint density at radius 2 is 1.67 bits per heavy atom. The van der Waals surface area contributed by atoms with E-state index in [2.05, 4.69) is 45.0 Å². The molecule has 0 amide bonds. The third-order valence-corrected chi connectivity index (χ3v) is 4.34. The Morgan fingerprint density at radius 1 is 1.11 bits per heavy atom. The van der Waals surface area contributed by atoms with Crippen molar-refractivity contribution < 1.29 is 9.47 Å². The van der Waals surface area contributed by atoms with Gasteiger partial charge in [-0.3, -0.25) is 0 Å². The molecule has 1 aliphatic heterocycles. The normalized spacial score (nSPS) is 21.7. The summed E-state index contributed by atoms with van der Waals surface area (Å²) in [4.78, 5) is 0. The maximum atomic E-state index is 5.97. The molecule has 0 radical (unpaired) electrons. The lowest BCUT2D eigenvalue weighted by Crippen LogP contribution is -2.42. The molecule has 0 saturated carbocycles. The Hall–Kier alpha value is -0.860. The van der Waals surface area contributed by atoms with Gasteiger partial charge in [0.1, 0.15) is 0 Å². The van der Waals surface area contributed by atoms with E-state index in [9.17, 15) is 0 Å². The molecule has 0 aliphatic carbocycles. The van der Waals surface area contributed by atoms with Crippen molar-refractivity contribution in [2.75, 3.05) is 13.2 Å². The fourth-order valence-electron chi connectivity index (χ4n) is 2.47. The van der Waals surface area contributed by atoms with Gasteiger partial charge in [0.15, 0.2) is 6.29 Å². The van der Waals surface area contributed by atoms with Gasteiger partial charge in [0.2, 0.25) is 0 Å². The number of hydrogen-bond acceptors (Lipinski definition) is 2. The first-order valence-corrected chi connectivity index (χ1v) is 6.99. The van der Waals surface area contributed by atoms with E-state index in [1.165, 1.54) is 5.56 Å². The van der Waals surface area contributed by atoms with Gasteiger partial charge >= 0.3 is 0 Å². The Morgan fingerprint density at radius 3 is 2.17 bits per heavy atom. The van der Waals surface area contributed by atoms with Gasteiger partial charge in [-0.25, -0.2) is 0 Å². The second-order valence-electron chi connectivity index (χ2n) is 5.40. The molecule has 1 fully saturated rings. The van der Waals surface area contributed by atoms with Crippen LogP contribution in [0.25, 0.3) is 0 Å². The summed E-state index contributed by atoms with van der Waals surface area (Å²) in [6.45, 7) is 8.25. The first-order valence-electron chi connectivity index (χ1n) is 6.99. The van der Waals surface area contributed by atoms with Crippen LogP contribution >= 0.6 is 0 Å². The molecule has 2 nitrogen and oxygen atoms in total. The summed E-state index contributed by atoms with van der Waals surface area (Å²) in [5, 5.41) is 0. The number of ether oxygens (including phenoxy) is 2. The van der Waals surface area contributed by atoms with E-state index in [-0.39, 0.29) is 17.6 Å². The summed E-state index contributed by atoms with van der Waals surface area (Å²) in [7, 11) is 0. The number of benzene rings is 1. The lowest BCUT2D eigenvalue weighted by atomic mass is 9.83. The SMILES string of the molecule is CCC1(CC)COC([C@@H](C)c2ccccc2)OC1. The minimum atomic E-state index is -0.0985. The van der Waals surface area contributed by atoms with Gasteiger partial charge in [0, 0.05) is 11.3 Å². The van der Waals surface area contributed by atoms with E-state index in [0.29, 0.717) is 0 Å². The van der Waals surface area contributed by atoms with E-state index in [4.69, 9.17) is 9.47 Å². The highest BCUT2D eigenvalue weighted by molar-refractivity contribution is 5.19. The zero-order valence-electron chi connectivity index (χ0n) is 11.7. The van der Waals surface area contributed by atoms with Gasteiger partial charge in [-0.1, -0.05) is 51.1 Å². The van der Waals surface area contributed by atoms with Crippen molar-refractivity contribution in [3.63, 3.8) is 0 Å². The van der Waals surface area contributed by atoms with Crippen LogP contribution in [0.5, 0.6) is 0 Å². The van der Waals surface area contributed by atoms with Crippen molar-refractivity contribution in [1.82, 2.24) is 0 Å². The molecule has 18 heavy (non-hydrogen) atoms. The average Bonchev–Trinajstić information content (AvgIpc) is 2.47. The van der Waals surface area contributed by atoms with Crippen LogP contribution < -0.4 is 0 Å². The van der Waals surface area contributed by atoms with E-state index in [0.717, 1.165) is 26.1 Å². The summed E-state index contributed by atoms with van der Waals surface area (Å²) >= 11 is 0. The third-order valence-electron chi connectivity index (χ3n) is 4.34. The maximum absolute atomic E-state index is 5.97. The highest BCUT2D eigenvalue weighted by atomic mass is 16.7. The molecule has 0 spiro atoms. The molecule has 100 valence electrons. The molecule has 1 heterocycles. The van der Waals surface area contributed by atoms with Gasteiger partial charge in [0.05, 0.1) is 13.2 Å². The van der Waals surface area contributed by atoms with Crippen LogP contribution in [-0.4, -0.2) is 19.5 Å². The van der Waals surface area contributed by atoms with Gasteiger partial charge < -0.3 is 9.47 Å². The predicted molar refractivity (Wildman–Crippen MR) is 73.6 cm³/mol. The molecule has 0 bridgehead atoms. The van der Waals surface area contributed by atoms with Crippen molar-refractivity contribution in [3.8, 4) is 0 Å². The summed E-state index contributed by atoms with van der Waals surface area (Å²) in [5.41, 5.74) is 1.51. The molecule has 1 aromatic rings. The molecule has 1 atom stereocenters. The minimum absolute atomic E-state index is 0.0985. The van der Waals surface area contributed by atoms with E-state index in [1.54, 1.807) is 0 Å². The molecular formula is C16H24O2. The van der Waals surface area contributed by atoms with Crippen LogP contribution in [0.4, 0.5) is 0 Å². The second kappa shape index (κ2) is 5.85. The summed E-state index contributed by atoms with van der Waals surface area (Å²) in [6, 6.07) is 10.4. The van der Waals surface area contributed by atoms with Crippen molar-refractivity contribution in [1.29, 1.82) is 0 Å². The molecular weight excluding hydrogens is 224 g/mol. The van der Waals surface area contributed by atoms with E-state index >= 15 is 0 Å². The van der Waals surface area contributed by atoms with Gasteiger partial charge in [-0.2, -0.15) is 0 Å². The largest absolute Gasteiger partial charge is 0.351 e. The first-order chi connectivity index (χ1) is 8.71. The highest BCUT2D eigenvalue weighted by Crippen LogP contribution is 2.35. The van der Waals surface area contributed by atoms with Crippen molar-refractivity contribution in [2.24, 2.45) is 5.41 Å². The molecule has 0 N–H and O–H groups in total. The summed E-state index contributed by atoms with van der Waals surface area (Å²) < 4.78 is 11.9. The minimum Gasteiger partial charge on any atom is -0.351 e. The Labute approximate surface area is 110 Å². The third kappa shape index (κ3) is 2.76. The fourth-order valence-corrected chi connectivity index (χ4v) is 2.47. The van der Waals surface area contributed by atoms with Crippen LogP contribution in [0.2, 0.25) is 0 Å². The molecule has 0 aromatic heterocycles. The van der Waals surface area contributed by atoms with E-state index in [1.807, 2.05) is 6.07 Å². The van der Waals surface area contributed by atoms with Crippen molar-refractivity contribution in [2.45, 2.75) is 45.8 Å². The monoisotopic (exact) mass is 248 g/mol. The van der Waals surface area contributed by atoms with Crippen LogP contribution in [-0.2, 0) is 9.47 Å². The van der Waals surface area contributed by atoms with Crippen molar-refractivity contribution >= 4 is 0 Å². The molecule has 1 aliphatic rings. The lowest BCUT2D eigenvalue weighted by molar-refractivity contribution is -0.238. The lowest BCUT2D eigenvalue weighted by Gasteiger charge is -2.40. The molecule has 2 rings (SSSR count). The zero-order valence-corrected chi connectivity index (χ0v) is 11.7. The number of hydrogen-bond donors (Lipinski definition) is 0. The van der Waals surface area contributed by atoms with E-state index < -0.39 is 0 Å². The topological polar surface area (TPSA) is 18.5 Å². The van der Waals surface area contributed by atoms with Gasteiger partial charge in [0.25, 0.3) is 0 Å². The predicted octanol–water partition coefficient (Wildman–Crippen LogP) is 3.97. The Kier molecular flexibility index (Phi) is 4.41.